The van der Waals surface area contributed by atoms with Gasteiger partial charge in [0.05, 0.1) is 0 Å². The number of hydrogen-bond donors (Lipinski definition) is 1. The van der Waals surface area contributed by atoms with Crippen molar-refractivity contribution in [1.29, 1.82) is 0 Å². The quantitative estimate of drug-likeness (QED) is 0.589. The fraction of sp³-hybridized carbons (Fsp3) is 0.125. The first-order chi connectivity index (χ1) is 13.1. The molecule has 27 heavy (non-hydrogen) atoms. The van der Waals surface area contributed by atoms with Gasteiger partial charge in [-0.25, -0.2) is 0 Å². The van der Waals surface area contributed by atoms with Crippen molar-refractivity contribution < 1.29 is 9.53 Å². The van der Waals surface area contributed by atoms with Gasteiger partial charge in [-0.1, -0.05) is 60.2 Å². The van der Waals surface area contributed by atoms with Gasteiger partial charge in [-0.3, -0.25) is 4.79 Å². The molecule has 0 saturated carbocycles. The maximum atomic E-state index is 12.1. The van der Waals surface area contributed by atoms with E-state index in [1.54, 1.807) is 12.2 Å². The van der Waals surface area contributed by atoms with Gasteiger partial charge >= 0.3 is 0 Å². The highest BCUT2D eigenvalue weighted by molar-refractivity contribution is 6.02. The summed E-state index contributed by atoms with van der Waals surface area (Å²) in [5.74, 6) is 0.655. The summed E-state index contributed by atoms with van der Waals surface area (Å²) in [6, 6.07) is 23.7. The Hall–Kier alpha value is -3.33. The fourth-order valence-electron chi connectivity index (χ4n) is 2.72. The summed E-state index contributed by atoms with van der Waals surface area (Å²) in [6.07, 6.45) is 3.33. The van der Waals surface area contributed by atoms with E-state index in [2.05, 4.69) is 5.32 Å². The number of amides is 1. The predicted molar refractivity (Wildman–Crippen MR) is 111 cm³/mol. The van der Waals surface area contributed by atoms with Crippen molar-refractivity contribution in [3.05, 3.63) is 101 Å². The SMILES string of the molecule is Cc1ccc(NC(=O)/C=C/c2ccc(OCc3ccccc3)cc2)c(C)c1. The second-order valence-corrected chi connectivity index (χ2v) is 6.48. The third-order valence-electron chi connectivity index (χ3n) is 4.20. The lowest BCUT2D eigenvalue weighted by molar-refractivity contribution is -0.111. The number of aryl methyl sites for hydroxylation is 2. The van der Waals surface area contributed by atoms with Crippen molar-refractivity contribution in [2.24, 2.45) is 0 Å². The number of ether oxygens (including phenoxy) is 1. The minimum absolute atomic E-state index is 0.147. The zero-order valence-electron chi connectivity index (χ0n) is 15.6. The molecule has 0 atom stereocenters. The Morgan fingerprint density at radius 2 is 1.70 bits per heavy atom. The van der Waals surface area contributed by atoms with Crippen molar-refractivity contribution in [1.82, 2.24) is 0 Å². The fourth-order valence-corrected chi connectivity index (χ4v) is 2.72. The Morgan fingerprint density at radius 3 is 2.41 bits per heavy atom. The van der Waals surface area contributed by atoms with Crippen LogP contribution < -0.4 is 10.1 Å². The molecule has 0 fully saturated rings. The van der Waals surface area contributed by atoms with Gasteiger partial charge in [-0.05, 0) is 54.8 Å². The molecule has 3 nitrogen and oxygen atoms in total. The second-order valence-electron chi connectivity index (χ2n) is 6.48. The van der Waals surface area contributed by atoms with E-state index >= 15 is 0 Å². The Kier molecular flexibility index (Phi) is 6.06. The first-order valence-electron chi connectivity index (χ1n) is 8.93. The molecule has 1 N–H and O–H groups in total. The monoisotopic (exact) mass is 357 g/mol. The first kappa shape index (κ1) is 18.5. The van der Waals surface area contributed by atoms with Crippen LogP contribution in [0.4, 0.5) is 5.69 Å². The van der Waals surface area contributed by atoms with Crippen molar-refractivity contribution in [2.45, 2.75) is 20.5 Å². The molecule has 0 aliphatic heterocycles. The lowest BCUT2D eigenvalue weighted by atomic mass is 10.1. The molecule has 0 aliphatic rings. The summed E-state index contributed by atoms with van der Waals surface area (Å²) in [4.78, 5) is 12.1. The molecule has 0 spiro atoms. The van der Waals surface area contributed by atoms with Crippen LogP contribution >= 0.6 is 0 Å². The average Bonchev–Trinajstić information content (AvgIpc) is 2.68. The van der Waals surface area contributed by atoms with Crippen molar-refractivity contribution in [3.8, 4) is 5.75 Å². The largest absolute Gasteiger partial charge is 0.489 e. The van der Waals surface area contributed by atoms with Crippen LogP contribution in [0.25, 0.3) is 6.08 Å². The lowest BCUT2D eigenvalue weighted by Gasteiger charge is -2.07. The summed E-state index contributed by atoms with van der Waals surface area (Å²) in [5, 5.41) is 2.91. The molecule has 0 radical (unpaired) electrons. The highest BCUT2D eigenvalue weighted by Gasteiger charge is 2.02. The minimum Gasteiger partial charge on any atom is -0.489 e. The van der Waals surface area contributed by atoms with E-state index < -0.39 is 0 Å². The van der Waals surface area contributed by atoms with E-state index in [0.29, 0.717) is 6.61 Å². The topological polar surface area (TPSA) is 38.3 Å². The molecule has 0 aromatic heterocycles. The average molecular weight is 357 g/mol. The van der Waals surface area contributed by atoms with Crippen LogP contribution in [-0.2, 0) is 11.4 Å². The number of carbonyl (C=O) groups excluding carboxylic acids is 1. The normalized spacial score (nSPS) is 10.7. The molecule has 3 aromatic rings. The van der Waals surface area contributed by atoms with E-state index in [-0.39, 0.29) is 5.91 Å². The molecule has 0 heterocycles. The van der Waals surface area contributed by atoms with Gasteiger partial charge in [-0.15, -0.1) is 0 Å². The maximum absolute atomic E-state index is 12.1. The summed E-state index contributed by atoms with van der Waals surface area (Å²) in [5.41, 5.74) is 5.13. The molecule has 0 aliphatic carbocycles. The number of carbonyl (C=O) groups is 1. The van der Waals surface area contributed by atoms with E-state index in [9.17, 15) is 4.79 Å². The van der Waals surface area contributed by atoms with Crippen molar-refractivity contribution in [2.75, 3.05) is 5.32 Å². The zero-order valence-corrected chi connectivity index (χ0v) is 15.6. The summed E-state index contributed by atoms with van der Waals surface area (Å²) >= 11 is 0. The molecule has 0 saturated heterocycles. The molecule has 0 unspecified atom stereocenters. The third kappa shape index (κ3) is 5.58. The van der Waals surface area contributed by atoms with E-state index in [0.717, 1.165) is 28.1 Å². The predicted octanol–water partition coefficient (Wildman–Crippen LogP) is 5.53. The number of benzene rings is 3. The van der Waals surface area contributed by atoms with Crippen molar-refractivity contribution in [3.63, 3.8) is 0 Å². The standard InChI is InChI=1S/C24H23NO2/c1-18-8-14-23(19(2)16-18)25-24(26)15-11-20-9-12-22(13-10-20)27-17-21-6-4-3-5-7-21/h3-16H,17H2,1-2H3,(H,25,26)/b15-11+. The molecule has 0 bridgehead atoms. The summed E-state index contributed by atoms with van der Waals surface area (Å²) in [6.45, 7) is 4.56. The Labute approximate surface area is 160 Å². The number of nitrogens with one attached hydrogen (secondary N) is 1. The number of anilines is 1. The van der Waals surface area contributed by atoms with Gasteiger partial charge in [0.1, 0.15) is 12.4 Å². The smallest absolute Gasteiger partial charge is 0.248 e. The molecule has 136 valence electrons. The Morgan fingerprint density at radius 1 is 0.963 bits per heavy atom. The molecule has 3 heteroatoms. The van der Waals surface area contributed by atoms with Crippen LogP contribution in [0.15, 0.2) is 78.9 Å². The Bertz CT molecular complexity index is 928. The highest BCUT2D eigenvalue weighted by Crippen LogP contribution is 2.17. The van der Waals surface area contributed by atoms with Crippen LogP contribution in [0.2, 0.25) is 0 Å². The van der Waals surface area contributed by atoms with Crippen LogP contribution in [0.3, 0.4) is 0 Å². The second kappa shape index (κ2) is 8.86. The van der Waals surface area contributed by atoms with Crippen LogP contribution in [0, 0.1) is 13.8 Å². The zero-order chi connectivity index (χ0) is 19.1. The number of hydrogen-bond acceptors (Lipinski definition) is 2. The number of rotatable bonds is 6. The highest BCUT2D eigenvalue weighted by atomic mass is 16.5. The molecule has 3 rings (SSSR count). The van der Waals surface area contributed by atoms with Crippen LogP contribution in [0.5, 0.6) is 5.75 Å². The minimum atomic E-state index is -0.147. The summed E-state index contributed by atoms with van der Waals surface area (Å²) in [7, 11) is 0. The van der Waals surface area contributed by atoms with Gasteiger partial charge in [0.2, 0.25) is 5.91 Å². The molecular formula is C24H23NO2. The van der Waals surface area contributed by atoms with E-state index in [1.807, 2.05) is 86.6 Å². The lowest BCUT2D eigenvalue weighted by Crippen LogP contribution is -2.08. The maximum Gasteiger partial charge on any atom is 0.248 e. The van der Waals surface area contributed by atoms with Gasteiger partial charge in [0.15, 0.2) is 0 Å². The molecule has 3 aromatic carbocycles. The first-order valence-corrected chi connectivity index (χ1v) is 8.93. The van der Waals surface area contributed by atoms with Gasteiger partial charge in [0.25, 0.3) is 0 Å². The third-order valence-corrected chi connectivity index (χ3v) is 4.20. The van der Waals surface area contributed by atoms with Crippen molar-refractivity contribution >= 4 is 17.7 Å². The van der Waals surface area contributed by atoms with Gasteiger partial charge in [0, 0.05) is 11.8 Å². The molecule has 1 amide bonds. The van der Waals surface area contributed by atoms with E-state index in [4.69, 9.17) is 4.74 Å². The van der Waals surface area contributed by atoms with E-state index in [1.165, 1.54) is 5.56 Å². The summed E-state index contributed by atoms with van der Waals surface area (Å²) < 4.78 is 5.77. The van der Waals surface area contributed by atoms with Gasteiger partial charge in [-0.2, -0.15) is 0 Å². The van der Waals surface area contributed by atoms with Crippen LogP contribution in [0.1, 0.15) is 22.3 Å². The van der Waals surface area contributed by atoms with Gasteiger partial charge < -0.3 is 10.1 Å². The molecular weight excluding hydrogens is 334 g/mol. The Balaban J connectivity index is 1.54. The van der Waals surface area contributed by atoms with Crippen LogP contribution in [-0.4, -0.2) is 5.91 Å².